The lowest BCUT2D eigenvalue weighted by Crippen LogP contribution is -2.28. The van der Waals surface area contributed by atoms with Gasteiger partial charge in [-0.25, -0.2) is 9.18 Å². The monoisotopic (exact) mass is 433 g/mol. The SMILES string of the molecule is COC(=O)c1c2c(n(CCCCCCl)c1-c1ccc(F)cc1)CCC(C(C)(C)C)C2. The molecule has 0 saturated carbocycles. The molecule has 3 rings (SSSR count). The molecule has 164 valence electrons. The predicted octanol–water partition coefficient (Wildman–Crippen LogP) is 6.64. The molecule has 5 heteroatoms. The molecule has 2 aromatic rings. The van der Waals surface area contributed by atoms with Crippen LogP contribution in [0.15, 0.2) is 24.3 Å². The van der Waals surface area contributed by atoms with Crippen molar-refractivity contribution in [2.24, 2.45) is 11.3 Å². The second kappa shape index (κ2) is 9.55. The summed E-state index contributed by atoms with van der Waals surface area (Å²) in [6.45, 7) is 7.63. The van der Waals surface area contributed by atoms with Crippen LogP contribution in [0.3, 0.4) is 0 Å². The van der Waals surface area contributed by atoms with E-state index in [2.05, 4.69) is 25.3 Å². The van der Waals surface area contributed by atoms with Crippen LogP contribution in [0.1, 0.15) is 68.1 Å². The summed E-state index contributed by atoms with van der Waals surface area (Å²) in [7, 11) is 1.44. The standard InChI is InChI=1S/C25H33ClFNO2/c1-25(2,3)18-10-13-21-20(16-18)22(24(29)30-4)23(17-8-11-19(27)12-9-17)28(21)15-7-5-6-14-26/h8-9,11-12,18H,5-7,10,13-16H2,1-4H3. The minimum atomic E-state index is -0.306. The molecule has 0 spiro atoms. The first-order valence-corrected chi connectivity index (χ1v) is 11.5. The van der Waals surface area contributed by atoms with Gasteiger partial charge >= 0.3 is 5.97 Å². The van der Waals surface area contributed by atoms with Gasteiger partial charge in [0.1, 0.15) is 5.82 Å². The summed E-state index contributed by atoms with van der Waals surface area (Å²) in [6, 6.07) is 6.44. The molecule has 1 aliphatic carbocycles. The van der Waals surface area contributed by atoms with E-state index in [0.717, 1.165) is 61.9 Å². The molecule has 0 amide bonds. The van der Waals surface area contributed by atoms with Crippen LogP contribution in [0.25, 0.3) is 11.3 Å². The maximum atomic E-state index is 13.6. The molecule has 0 bridgehead atoms. The van der Waals surface area contributed by atoms with Gasteiger partial charge in [0.05, 0.1) is 18.4 Å². The number of nitrogens with zero attached hydrogens (tertiary/aromatic N) is 1. The molecule has 0 fully saturated rings. The zero-order chi connectivity index (χ0) is 21.9. The Labute approximate surface area is 184 Å². The van der Waals surface area contributed by atoms with Crippen LogP contribution >= 0.6 is 11.6 Å². The van der Waals surface area contributed by atoms with E-state index in [1.54, 1.807) is 12.1 Å². The van der Waals surface area contributed by atoms with Gasteiger partial charge in [0.15, 0.2) is 0 Å². The molecule has 1 atom stereocenters. The number of alkyl halides is 1. The molecule has 0 saturated heterocycles. The quantitative estimate of drug-likeness (QED) is 0.278. The third kappa shape index (κ3) is 4.74. The van der Waals surface area contributed by atoms with Gasteiger partial charge in [0, 0.05) is 18.1 Å². The van der Waals surface area contributed by atoms with Gasteiger partial charge in [-0.3, -0.25) is 0 Å². The van der Waals surface area contributed by atoms with Crippen LogP contribution in [0, 0.1) is 17.2 Å². The Bertz CT molecular complexity index is 880. The van der Waals surface area contributed by atoms with Crippen LogP contribution in [0.4, 0.5) is 4.39 Å². The van der Waals surface area contributed by atoms with Crippen molar-refractivity contribution in [2.75, 3.05) is 13.0 Å². The minimum Gasteiger partial charge on any atom is -0.465 e. The van der Waals surface area contributed by atoms with E-state index in [4.69, 9.17) is 16.3 Å². The number of halogens is 2. The average molecular weight is 434 g/mol. The van der Waals surface area contributed by atoms with Crippen LogP contribution in [-0.4, -0.2) is 23.5 Å². The number of rotatable bonds is 7. The highest BCUT2D eigenvalue weighted by Crippen LogP contribution is 2.43. The smallest absolute Gasteiger partial charge is 0.340 e. The summed E-state index contributed by atoms with van der Waals surface area (Å²) in [5, 5.41) is 0. The molecular weight excluding hydrogens is 401 g/mol. The molecular formula is C25H33ClFNO2. The summed E-state index contributed by atoms with van der Waals surface area (Å²) in [6.07, 6.45) is 5.92. The Hall–Kier alpha value is -1.81. The third-order valence-electron chi connectivity index (χ3n) is 6.41. The third-order valence-corrected chi connectivity index (χ3v) is 6.68. The van der Waals surface area contributed by atoms with Gasteiger partial charge in [-0.05, 0) is 78.8 Å². The Morgan fingerprint density at radius 2 is 1.90 bits per heavy atom. The van der Waals surface area contributed by atoms with Gasteiger partial charge in [-0.2, -0.15) is 0 Å². The first kappa shape index (κ1) is 22.9. The number of hydrogen-bond acceptors (Lipinski definition) is 2. The van der Waals surface area contributed by atoms with Gasteiger partial charge in [-0.15, -0.1) is 11.6 Å². The Morgan fingerprint density at radius 3 is 2.50 bits per heavy atom. The first-order chi connectivity index (χ1) is 14.3. The molecule has 30 heavy (non-hydrogen) atoms. The number of aromatic nitrogens is 1. The Kier molecular flexibility index (Phi) is 7.28. The minimum absolute atomic E-state index is 0.170. The molecule has 1 aliphatic rings. The molecule has 0 N–H and O–H groups in total. The largest absolute Gasteiger partial charge is 0.465 e. The van der Waals surface area contributed by atoms with E-state index in [1.165, 1.54) is 24.9 Å². The maximum absolute atomic E-state index is 13.6. The maximum Gasteiger partial charge on any atom is 0.340 e. The van der Waals surface area contributed by atoms with E-state index in [-0.39, 0.29) is 17.2 Å². The number of fused-ring (bicyclic) bond motifs is 1. The van der Waals surface area contributed by atoms with Crippen molar-refractivity contribution in [1.82, 2.24) is 4.57 Å². The summed E-state index contributed by atoms with van der Waals surface area (Å²) in [4.78, 5) is 13.0. The molecule has 0 radical (unpaired) electrons. The summed E-state index contributed by atoms with van der Waals surface area (Å²) in [5.74, 6) is 0.576. The molecule has 1 unspecified atom stereocenters. The lowest BCUT2D eigenvalue weighted by Gasteiger charge is -2.34. The average Bonchev–Trinajstić information content (AvgIpc) is 3.04. The Balaban J connectivity index is 2.15. The highest BCUT2D eigenvalue weighted by molar-refractivity contribution is 6.17. The number of hydrogen-bond donors (Lipinski definition) is 0. The lowest BCUT2D eigenvalue weighted by atomic mass is 9.71. The van der Waals surface area contributed by atoms with Crippen molar-refractivity contribution < 1.29 is 13.9 Å². The summed E-state index contributed by atoms with van der Waals surface area (Å²) < 4.78 is 21.1. The van der Waals surface area contributed by atoms with E-state index < -0.39 is 0 Å². The van der Waals surface area contributed by atoms with Crippen LogP contribution < -0.4 is 0 Å². The van der Waals surface area contributed by atoms with E-state index in [1.807, 2.05) is 0 Å². The normalized spacial score (nSPS) is 16.4. The van der Waals surface area contributed by atoms with E-state index in [9.17, 15) is 9.18 Å². The number of unbranched alkanes of at least 4 members (excludes halogenated alkanes) is 2. The molecule has 0 aliphatic heterocycles. The fourth-order valence-corrected chi connectivity index (χ4v) is 4.83. The summed E-state index contributed by atoms with van der Waals surface area (Å²) >= 11 is 5.86. The van der Waals surface area contributed by atoms with Crippen molar-refractivity contribution >= 4 is 17.6 Å². The highest BCUT2D eigenvalue weighted by Gasteiger charge is 2.36. The molecule has 1 aromatic heterocycles. The molecule has 1 heterocycles. The van der Waals surface area contributed by atoms with Crippen LogP contribution in [0.5, 0.6) is 0 Å². The fourth-order valence-electron chi connectivity index (χ4n) is 4.64. The van der Waals surface area contributed by atoms with Crippen molar-refractivity contribution in [2.45, 2.75) is 65.8 Å². The zero-order valence-electron chi connectivity index (χ0n) is 18.6. The zero-order valence-corrected chi connectivity index (χ0v) is 19.3. The highest BCUT2D eigenvalue weighted by atomic mass is 35.5. The number of carbonyl (C=O) groups excluding carboxylic acids is 1. The number of methoxy groups -OCH3 is 1. The van der Waals surface area contributed by atoms with Gasteiger partial charge < -0.3 is 9.30 Å². The Morgan fingerprint density at radius 1 is 1.20 bits per heavy atom. The first-order valence-electron chi connectivity index (χ1n) is 10.9. The van der Waals surface area contributed by atoms with Gasteiger partial charge in [0.2, 0.25) is 0 Å². The van der Waals surface area contributed by atoms with E-state index in [0.29, 0.717) is 17.4 Å². The number of benzene rings is 1. The van der Waals surface area contributed by atoms with Crippen LogP contribution in [0.2, 0.25) is 0 Å². The molecule has 3 nitrogen and oxygen atoms in total. The fraction of sp³-hybridized carbons (Fsp3) is 0.560. The van der Waals surface area contributed by atoms with Crippen molar-refractivity contribution in [1.29, 1.82) is 0 Å². The van der Waals surface area contributed by atoms with E-state index >= 15 is 0 Å². The van der Waals surface area contributed by atoms with Crippen molar-refractivity contribution in [3.05, 3.63) is 46.9 Å². The van der Waals surface area contributed by atoms with Crippen molar-refractivity contribution in [3.8, 4) is 11.3 Å². The molecule has 1 aromatic carbocycles. The summed E-state index contributed by atoms with van der Waals surface area (Å²) in [5.41, 5.74) is 4.91. The lowest BCUT2D eigenvalue weighted by molar-refractivity contribution is 0.0599. The topological polar surface area (TPSA) is 31.2 Å². The number of esters is 1. The predicted molar refractivity (Wildman–Crippen MR) is 121 cm³/mol. The second-order valence-electron chi connectivity index (χ2n) is 9.35. The van der Waals surface area contributed by atoms with Crippen LogP contribution in [-0.2, 0) is 24.1 Å². The second-order valence-corrected chi connectivity index (χ2v) is 9.73. The van der Waals surface area contributed by atoms with Gasteiger partial charge in [0.25, 0.3) is 0 Å². The number of carbonyl (C=O) groups is 1. The van der Waals surface area contributed by atoms with Gasteiger partial charge in [-0.1, -0.05) is 27.2 Å². The number of ether oxygens (including phenoxy) is 1. The van der Waals surface area contributed by atoms with Crippen molar-refractivity contribution in [3.63, 3.8) is 0 Å².